The average molecular weight is 233 g/mol. The van der Waals surface area contributed by atoms with Crippen molar-refractivity contribution in [3.05, 3.63) is 34.9 Å². The molecule has 0 fully saturated rings. The van der Waals surface area contributed by atoms with Crippen LogP contribution < -0.4 is 0 Å². The Morgan fingerprint density at radius 2 is 1.47 bits per heavy atom. The second kappa shape index (κ2) is 8.30. The summed E-state index contributed by atoms with van der Waals surface area (Å²) in [4.78, 5) is 0. The van der Waals surface area contributed by atoms with Crippen molar-refractivity contribution < 1.29 is 5.11 Å². The first-order valence-electron chi connectivity index (χ1n) is 7.01. The number of rotatable bonds is 8. The van der Waals surface area contributed by atoms with Gasteiger partial charge in [-0.25, -0.2) is 5.11 Å². The molecule has 0 amide bonds. The minimum absolute atomic E-state index is 0.0685. The molecule has 0 aliphatic heterocycles. The normalized spacial score (nSPS) is 10.8. The summed E-state index contributed by atoms with van der Waals surface area (Å²) >= 11 is 0. The zero-order chi connectivity index (χ0) is 12.5. The number of hydrogen-bond acceptors (Lipinski definition) is 0. The van der Waals surface area contributed by atoms with Gasteiger partial charge in [0.1, 0.15) is 0 Å². The lowest BCUT2D eigenvalue weighted by molar-refractivity contribution is 0.187. The Kier molecular flexibility index (Phi) is 6.95. The molecule has 1 aromatic rings. The van der Waals surface area contributed by atoms with Crippen molar-refractivity contribution in [3.63, 3.8) is 0 Å². The summed E-state index contributed by atoms with van der Waals surface area (Å²) in [5, 5.41) is 10.5. The monoisotopic (exact) mass is 233 g/mol. The summed E-state index contributed by atoms with van der Waals surface area (Å²) < 4.78 is 0. The third kappa shape index (κ3) is 4.51. The Morgan fingerprint density at radius 3 is 1.94 bits per heavy atom. The lowest BCUT2D eigenvalue weighted by Crippen LogP contribution is -2.01. The fourth-order valence-corrected chi connectivity index (χ4v) is 2.42. The summed E-state index contributed by atoms with van der Waals surface area (Å²) in [6.07, 6.45) is 7.68. The van der Waals surface area contributed by atoms with Crippen LogP contribution in [0.5, 0.6) is 0 Å². The molecular formula is C16H25O. The molecule has 1 aromatic carbocycles. The predicted molar refractivity (Wildman–Crippen MR) is 72.9 cm³/mol. The van der Waals surface area contributed by atoms with Gasteiger partial charge in [0, 0.05) is 0 Å². The molecule has 0 heterocycles. The Hall–Kier alpha value is -0.820. The lowest BCUT2D eigenvalue weighted by Gasteiger charge is -2.14. The molecule has 17 heavy (non-hydrogen) atoms. The highest BCUT2D eigenvalue weighted by atomic mass is 16.2. The maximum atomic E-state index is 10.5. The van der Waals surface area contributed by atoms with Gasteiger partial charge in [-0.2, -0.15) is 0 Å². The van der Waals surface area contributed by atoms with Crippen LogP contribution in [-0.2, 0) is 24.4 Å². The molecule has 0 unspecified atom stereocenters. The van der Waals surface area contributed by atoms with Gasteiger partial charge < -0.3 is 0 Å². The van der Waals surface area contributed by atoms with E-state index < -0.39 is 0 Å². The van der Waals surface area contributed by atoms with Gasteiger partial charge in [-0.05, 0) is 48.8 Å². The summed E-state index contributed by atoms with van der Waals surface area (Å²) in [6.45, 7) is 4.53. The van der Waals surface area contributed by atoms with Crippen molar-refractivity contribution in [2.24, 2.45) is 0 Å². The average Bonchev–Trinajstić information content (AvgIpc) is 2.33. The SMILES string of the molecule is CCCc1cccc(CCC)c1CCCC[O]. The van der Waals surface area contributed by atoms with E-state index >= 15 is 0 Å². The molecule has 95 valence electrons. The fourth-order valence-electron chi connectivity index (χ4n) is 2.42. The zero-order valence-corrected chi connectivity index (χ0v) is 11.3. The summed E-state index contributed by atoms with van der Waals surface area (Å²) in [5.41, 5.74) is 4.54. The van der Waals surface area contributed by atoms with Crippen molar-refractivity contribution >= 4 is 0 Å². The highest BCUT2D eigenvalue weighted by Gasteiger charge is 2.07. The van der Waals surface area contributed by atoms with Crippen LogP contribution in [0, 0.1) is 0 Å². The van der Waals surface area contributed by atoms with Crippen LogP contribution in [0.15, 0.2) is 18.2 Å². The maximum absolute atomic E-state index is 10.5. The van der Waals surface area contributed by atoms with Crippen LogP contribution in [0.2, 0.25) is 0 Å². The molecule has 0 atom stereocenters. The lowest BCUT2D eigenvalue weighted by atomic mass is 9.92. The van der Waals surface area contributed by atoms with E-state index in [0.29, 0.717) is 0 Å². The van der Waals surface area contributed by atoms with Crippen molar-refractivity contribution in [2.75, 3.05) is 6.61 Å². The van der Waals surface area contributed by atoms with E-state index in [1.807, 2.05) is 0 Å². The maximum Gasteiger partial charge on any atom is 0.0822 e. The third-order valence-corrected chi connectivity index (χ3v) is 3.23. The summed E-state index contributed by atoms with van der Waals surface area (Å²) in [5.74, 6) is 0. The Balaban J connectivity index is 2.83. The van der Waals surface area contributed by atoms with Gasteiger partial charge in [-0.3, -0.25) is 0 Å². The molecule has 0 saturated heterocycles. The minimum atomic E-state index is 0.0685. The van der Waals surface area contributed by atoms with Crippen LogP contribution in [-0.4, -0.2) is 6.61 Å². The number of aryl methyl sites for hydroxylation is 2. The molecule has 1 nitrogen and oxygen atoms in total. The molecule has 0 bridgehead atoms. The second-order valence-electron chi connectivity index (χ2n) is 4.72. The fraction of sp³-hybridized carbons (Fsp3) is 0.625. The third-order valence-electron chi connectivity index (χ3n) is 3.23. The van der Waals surface area contributed by atoms with Crippen LogP contribution in [0.3, 0.4) is 0 Å². The van der Waals surface area contributed by atoms with E-state index in [9.17, 15) is 5.11 Å². The Morgan fingerprint density at radius 1 is 0.882 bits per heavy atom. The standard InChI is InChI=1S/C16H25O/c1-3-8-14-10-7-11-15(9-4-2)16(14)12-5-6-13-17/h7,10-11H,3-6,8-9,12-13H2,1-2H3. The smallest absolute Gasteiger partial charge is 0.0822 e. The van der Waals surface area contributed by atoms with Gasteiger partial charge in [0.15, 0.2) is 0 Å². The number of unbranched alkanes of at least 4 members (excludes halogenated alkanes) is 1. The summed E-state index contributed by atoms with van der Waals surface area (Å²) in [7, 11) is 0. The van der Waals surface area contributed by atoms with E-state index in [4.69, 9.17) is 0 Å². The molecule has 0 aliphatic carbocycles. The molecular weight excluding hydrogens is 208 g/mol. The minimum Gasteiger partial charge on any atom is -0.237 e. The van der Waals surface area contributed by atoms with Crippen molar-refractivity contribution in [1.29, 1.82) is 0 Å². The quantitative estimate of drug-likeness (QED) is 0.595. The second-order valence-corrected chi connectivity index (χ2v) is 4.72. The predicted octanol–water partition coefficient (Wildman–Crippen LogP) is 4.34. The number of hydrogen-bond donors (Lipinski definition) is 0. The van der Waals surface area contributed by atoms with Crippen molar-refractivity contribution in [1.82, 2.24) is 0 Å². The van der Waals surface area contributed by atoms with Crippen LogP contribution in [0.1, 0.15) is 56.2 Å². The number of benzene rings is 1. The first-order chi connectivity index (χ1) is 8.33. The van der Waals surface area contributed by atoms with Crippen LogP contribution in [0.25, 0.3) is 0 Å². The van der Waals surface area contributed by atoms with Gasteiger partial charge in [0.05, 0.1) is 6.61 Å². The molecule has 1 heteroatoms. The van der Waals surface area contributed by atoms with Gasteiger partial charge in [-0.1, -0.05) is 44.9 Å². The highest BCUT2D eigenvalue weighted by molar-refractivity contribution is 5.35. The van der Waals surface area contributed by atoms with Crippen LogP contribution >= 0.6 is 0 Å². The van der Waals surface area contributed by atoms with Gasteiger partial charge >= 0.3 is 0 Å². The van der Waals surface area contributed by atoms with E-state index in [1.165, 1.54) is 42.4 Å². The summed E-state index contributed by atoms with van der Waals surface area (Å²) in [6, 6.07) is 6.71. The highest BCUT2D eigenvalue weighted by Crippen LogP contribution is 2.20. The van der Waals surface area contributed by atoms with Crippen molar-refractivity contribution in [2.45, 2.75) is 58.8 Å². The zero-order valence-electron chi connectivity index (χ0n) is 11.3. The molecule has 0 N–H and O–H groups in total. The Labute approximate surface area is 106 Å². The molecule has 1 rings (SSSR count). The van der Waals surface area contributed by atoms with E-state index in [0.717, 1.165) is 19.3 Å². The molecule has 1 radical (unpaired) electrons. The molecule has 0 saturated carbocycles. The first kappa shape index (κ1) is 14.2. The first-order valence-corrected chi connectivity index (χ1v) is 7.01. The van der Waals surface area contributed by atoms with E-state index in [1.54, 1.807) is 0 Å². The topological polar surface area (TPSA) is 19.9 Å². The van der Waals surface area contributed by atoms with Gasteiger partial charge in [0.2, 0.25) is 0 Å². The Bertz CT molecular complexity index is 293. The molecule has 0 spiro atoms. The van der Waals surface area contributed by atoms with E-state index in [2.05, 4.69) is 32.0 Å². The van der Waals surface area contributed by atoms with Gasteiger partial charge in [0.25, 0.3) is 0 Å². The van der Waals surface area contributed by atoms with Crippen molar-refractivity contribution in [3.8, 4) is 0 Å². The van der Waals surface area contributed by atoms with Crippen LogP contribution in [0.4, 0.5) is 0 Å². The molecule has 0 aromatic heterocycles. The van der Waals surface area contributed by atoms with Gasteiger partial charge in [-0.15, -0.1) is 0 Å². The van der Waals surface area contributed by atoms with E-state index in [-0.39, 0.29) is 6.61 Å². The largest absolute Gasteiger partial charge is 0.237 e. The molecule has 0 aliphatic rings.